The Morgan fingerprint density at radius 2 is 1.46 bits per heavy atom. The molecule has 6 heteroatoms. The Kier molecular flexibility index (Phi) is 14.0. The van der Waals surface area contributed by atoms with Crippen LogP contribution in [0.4, 0.5) is 0 Å². The van der Waals surface area contributed by atoms with E-state index in [-0.39, 0.29) is 52.6 Å². The molecule has 1 heterocycles. The third-order valence-electron chi connectivity index (χ3n) is 3.18. The van der Waals surface area contributed by atoms with Crippen molar-refractivity contribution in [2.24, 2.45) is 5.41 Å². The molecule has 1 aromatic heterocycles. The first-order valence-corrected chi connectivity index (χ1v) is 7.31. The van der Waals surface area contributed by atoms with Gasteiger partial charge in [-0.05, 0) is 16.9 Å². The van der Waals surface area contributed by atoms with Crippen LogP contribution in [0.2, 0.25) is 0 Å². The number of hydrogen-bond donors (Lipinski definition) is 1. The van der Waals surface area contributed by atoms with Gasteiger partial charge in [0, 0.05) is 17.0 Å². The van der Waals surface area contributed by atoms with Crippen molar-refractivity contribution in [1.82, 2.24) is 4.98 Å². The first kappa shape index (κ1) is 29.0. The van der Waals surface area contributed by atoms with E-state index in [1.54, 1.807) is 0 Å². The molecule has 2 aromatic carbocycles. The van der Waals surface area contributed by atoms with Gasteiger partial charge in [0.1, 0.15) is 0 Å². The van der Waals surface area contributed by atoms with E-state index in [1.165, 1.54) is 16.2 Å². The Morgan fingerprint density at radius 1 is 0.962 bits per heavy atom. The molecule has 0 spiro atoms. The molecule has 26 heavy (non-hydrogen) atoms. The SMILES string of the molecule is C.CC(C)(C)CC(=O)O.[NH2-].[NH2-].[Pt+2].c1ccc2c(c1)cnc1ccccc12. The van der Waals surface area contributed by atoms with Gasteiger partial charge in [0.2, 0.25) is 0 Å². The molecule has 0 saturated carbocycles. The van der Waals surface area contributed by atoms with Crippen molar-refractivity contribution in [3.63, 3.8) is 0 Å². The molecule has 5 N–H and O–H groups in total. The van der Waals surface area contributed by atoms with Crippen molar-refractivity contribution in [3.8, 4) is 0 Å². The van der Waals surface area contributed by atoms with Crippen molar-refractivity contribution in [1.29, 1.82) is 0 Å². The number of para-hydroxylation sites is 1. The van der Waals surface area contributed by atoms with E-state index in [0.717, 1.165) is 5.52 Å². The van der Waals surface area contributed by atoms with Crippen LogP contribution in [-0.4, -0.2) is 16.1 Å². The second kappa shape index (κ2) is 12.5. The van der Waals surface area contributed by atoms with Crippen molar-refractivity contribution < 1.29 is 31.0 Å². The fourth-order valence-electron chi connectivity index (χ4n) is 2.26. The molecule has 0 bridgehead atoms. The number of aromatic nitrogens is 1. The van der Waals surface area contributed by atoms with Crippen LogP contribution >= 0.6 is 0 Å². The van der Waals surface area contributed by atoms with E-state index in [1.807, 2.05) is 45.2 Å². The Balaban J connectivity index is -0.000000396. The molecule has 0 amide bonds. The zero-order valence-corrected chi connectivity index (χ0v) is 16.9. The van der Waals surface area contributed by atoms with E-state index < -0.39 is 5.97 Å². The molecule has 0 saturated heterocycles. The molecule has 3 rings (SSSR count). The summed E-state index contributed by atoms with van der Waals surface area (Å²) in [4.78, 5) is 14.4. The minimum absolute atomic E-state index is 0. The third-order valence-corrected chi connectivity index (χ3v) is 3.18. The smallest absolute Gasteiger partial charge is 0.693 e. The molecule has 0 fully saturated rings. The fraction of sp³-hybridized carbons (Fsp3) is 0.300. The average Bonchev–Trinajstić information content (AvgIpc) is 2.45. The van der Waals surface area contributed by atoms with Crippen LogP contribution in [0.3, 0.4) is 0 Å². The Labute approximate surface area is 170 Å². The van der Waals surface area contributed by atoms with E-state index in [0.29, 0.717) is 0 Å². The van der Waals surface area contributed by atoms with Gasteiger partial charge < -0.3 is 17.4 Å². The van der Waals surface area contributed by atoms with Gasteiger partial charge in [0.05, 0.1) is 11.9 Å². The van der Waals surface area contributed by atoms with E-state index in [2.05, 4.69) is 35.3 Å². The minimum Gasteiger partial charge on any atom is -0.693 e. The van der Waals surface area contributed by atoms with Crippen molar-refractivity contribution in [2.45, 2.75) is 34.6 Å². The number of fused-ring (bicyclic) bond motifs is 3. The molecule has 0 aliphatic heterocycles. The second-order valence-corrected chi connectivity index (χ2v) is 6.49. The van der Waals surface area contributed by atoms with Crippen LogP contribution in [0.1, 0.15) is 34.6 Å². The molecule has 0 radical (unpaired) electrons. The summed E-state index contributed by atoms with van der Waals surface area (Å²) in [6.07, 6.45) is 2.17. The Morgan fingerprint density at radius 3 is 1.96 bits per heavy atom. The van der Waals surface area contributed by atoms with Gasteiger partial charge in [-0.15, -0.1) is 0 Å². The first-order chi connectivity index (χ1) is 10.4. The average molecular weight is 539 g/mol. The predicted octanol–water partition coefficient (Wildman–Crippen LogP) is 6.96. The molecule has 0 atom stereocenters. The topological polar surface area (TPSA) is 117 Å². The summed E-state index contributed by atoms with van der Waals surface area (Å²) in [6, 6.07) is 16.6. The molecule has 5 nitrogen and oxygen atoms in total. The monoisotopic (exact) mass is 538 g/mol. The fourth-order valence-corrected chi connectivity index (χ4v) is 2.26. The van der Waals surface area contributed by atoms with Gasteiger partial charge in [-0.2, -0.15) is 0 Å². The minimum atomic E-state index is -0.725. The number of rotatable bonds is 1. The molecule has 3 aromatic rings. The van der Waals surface area contributed by atoms with Crippen LogP contribution in [0, 0.1) is 5.41 Å². The van der Waals surface area contributed by atoms with Crippen LogP contribution in [0.5, 0.6) is 0 Å². The molecular weight excluding hydrogens is 509 g/mol. The van der Waals surface area contributed by atoms with Gasteiger partial charge in [-0.25, -0.2) is 0 Å². The van der Waals surface area contributed by atoms with E-state index in [4.69, 9.17) is 5.11 Å². The number of nitrogens with two attached hydrogens (primary N) is 2. The first-order valence-electron chi connectivity index (χ1n) is 7.31. The zero-order valence-electron chi connectivity index (χ0n) is 14.7. The van der Waals surface area contributed by atoms with Gasteiger partial charge in [-0.1, -0.05) is 70.7 Å². The Bertz CT molecular complexity index is 747. The quantitative estimate of drug-likeness (QED) is 0.337. The van der Waals surface area contributed by atoms with Crippen LogP contribution in [0.15, 0.2) is 54.7 Å². The summed E-state index contributed by atoms with van der Waals surface area (Å²) in [6.45, 7) is 5.71. The summed E-state index contributed by atoms with van der Waals surface area (Å²) in [7, 11) is 0. The van der Waals surface area contributed by atoms with Crippen molar-refractivity contribution in [3.05, 3.63) is 67.0 Å². The normalized spacial score (nSPS) is 9.35. The van der Waals surface area contributed by atoms with Gasteiger partial charge in [0.25, 0.3) is 0 Å². The second-order valence-electron chi connectivity index (χ2n) is 6.49. The molecule has 0 aliphatic carbocycles. The number of carboxylic acids is 1. The van der Waals surface area contributed by atoms with Crippen LogP contribution < -0.4 is 0 Å². The number of benzene rings is 2. The number of aliphatic carboxylic acids is 1. The summed E-state index contributed by atoms with van der Waals surface area (Å²) in [5.74, 6) is -0.725. The number of carboxylic acid groups (broad SMARTS) is 1. The zero-order chi connectivity index (χ0) is 16.2. The van der Waals surface area contributed by atoms with Crippen molar-refractivity contribution in [2.75, 3.05) is 0 Å². The van der Waals surface area contributed by atoms with Crippen molar-refractivity contribution >= 4 is 27.6 Å². The largest absolute Gasteiger partial charge is 2.00 e. The molecular formula is C20H29N3O2Pt. The maximum atomic E-state index is 10.0. The third kappa shape index (κ3) is 8.52. The number of pyridine rings is 1. The maximum Gasteiger partial charge on any atom is 2.00 e. The molecule has 0 unspecified atom stereocenters. The summed E-state index contributed by atoms with van der Waals surface area (Å²) in [5.41, 5.74) is 0.984. The molecule has 0 aliphatic rings. The van der Waals surface area contributed by atoms with Gasteiger partial charge in [-0.3, -0.25) is 9.78 Å². The number of hydrogen-bond acceptors (Lipinski definition) is 2. The van der Waals surface area contributed by atoms with Gasteiger partial charge in [0.15, 0.2) is 0 Å². The van der Waals surface area contributed by atoms with Crippen LogP contribution in [0.25, 0.3) is 34.0 Å². The van der Waals surface area contributed by atoms with E-state index in [9.17, 15) is 4.79 Å². The van der Waals surface area contributed by atoms with Crippen LogP contribution in [-0.2, 0) is 25.9 Å². The van der Waals surface area contributed by atoms with Gasteiger partial charge >= 0.3 is 27.0 Å². The maximum absolute atomic E-state index is 10.0. The van der Waals surface area contributed by atoms with E-state index >= 15 is 0 Å². The standard InChI is InChI=1S/C13H9N.C6H12O2.CH4.2H2N.Pt/c1-2-6-11-10(5-1)9-14-13-8-4-3-7-12(11)13;1-6(2,3)4-5(7)8;;;;/h1-9H;4H2,1-3H3,(H,7,8);1H4;2*1H2;/q;;;2*-1;+2. The predicted molar refractivity (Wildman–Crippen MR) is 108 cm³/mol. The molecule has 146 valence electrons. The Hall–Kier alpha value is -1.81. The summed E-state index contributed by atoms with van der Waals surface area (Å²) in [5, 5.41) is 12.0. The summed E-state index contributed by atoms with van der Waals surface area (Å²) >= 11 is 0. The number of nitrogens with zero attached hydrogens (tertiary/aromatic N) is 1. The number of carbonyl (C=O) groups is 1. The summed E-state index contributed by atoms with van der Waals surface area (Å²) < 4.78 is 0.